The van der Waals surface area contributed by atoms with Gasteiger partial charge in [0.1, 0.15) is 11.2 Å². The summed E-state index contributed by atoms with van der Waals surface area (Å²) in [5.41, 5.74) is 15.4. The smallest absolute Gasteiger partial charge is 0.164 e. The van der Waals surface area contributed by atoms with Crippen LogP contribution in [0, 0.1) is 0 Å². The average Bonchev–Trinajstić information content (AvgIpc) is 3.92. The molecule has 4 nitrogen and oxygen atoms in total. The van der Waals surface area contributed by atoms with Gasteiger partial charge in [0.15, 0.2) is 17.5 Å². The molecule has 2 aromatic heterocycles. The third-order valence-electron chi connectivity index (χ3n) is 13.4. The second-order valence-corrected chi connectivity index (χ2v) is 17.1. The molecule has 13 rings (SSSR count). The van der Waals surface area contributed by atoms with E-state index in [1.165, 1.54) is 44.5 Å². The molecule has 4 heteroatoms. The lowest BCUT2D eigenvalue weighted by molar-refractivity contribution is 0.669. The minimum Gasteiger partial charge on any atom is -0.456 e. The molecular formula is C62H39N3O. The first-order valence-electron chi connectivity index (χ1n) is 22.4. The molecule has 0 spiro atoms. The Morgan fingerprint density at radius 3 is 1.52 bits per heavy atom. The number of furan rings is 1. The second-order valence-electron chi connectivity index (χ2n) is 17.1. The molecule has 308 valence electrons. The van der Waals surface area contributed by atoms with Gasteiger partial charge in [-0.25, -0.2) is 15.0 Å². The van der Waals surface area contributed by atoms with Crippen LogP contribution in [0.3, 0.4) is 0 Å². The van der Waals surface area contributed by atoms with Crippen LogP contribution in [0.1, 0.15) is 22.3 Å². The van der Waals surface area contributed by atoms with Crippen LogP contribution in [-0.4, -0.2) is 15.0 Å². The third kappa shape index (κ3) is 6.03. The van der Waals surface area contributed by atoms with E-state index in [4.69, 9.17) is 19.4 Å². The van der Waals surface area contributed by atoms with Crippen LogP contribution >= 0.6 is 0 Å². The fraction of sp³-hybridized carbons (Fsp3) is 0.0161. The Kier molecular flexibility index (Phi) is 8.72. The van der Waals surface area contributed by atoms with E-state index >= 15 is 0 Å². The molecule has 12 aromatic rings. The molecule has 0 atom stereocenters. The van der Waals surface area contributed by atoms with E-state index in [2.05, 4.69) is 218 Å². The summed E-state index contributed by atoms with van der Waals surface area (Å²) < 4.78 is 6.61. The van der Waals surface area contributed by atoms with Gasteiger partial charge in [0.25, 0.3) is 0 Å². The van der Waals surface area contributed by atoms with Crippen molar-refractivity contribution in [3.8, 4) is 67.5 Å². The van der Waals surface area contributed by atoms with Crippen molar-refractivity contribution in [2.75, 3.05) is 0 Å². The van der Waals surface area contributed by atoms with Crippen molar-refractivity contribution in [1.82, 2.24) is 15.0 Å². The van der Waals surface area contributed by atoms with Gasteiger partial charge in [0.05, 0.1) is 5.41 Å². The van der Waals surface area contributed by atoms with E-state index < -0.39 is 5.41 Å². The lowest BCUT2D eigenvalue weighted by Gasteiger charge is -2.34. The molecule has 1 aliphatic rings. The molecule has 66 heavy (non-hydrogen) atoms. The summed E-state index contributed by atoms with van der Waals surface area (Å²) in [6.45, 7) is 0. The molecule has 0 saturated heterocycles. The van der Waals surface area contributed by atoms with Crippen LogP contribution in [0.25, 0.3) is 100 Å². The Morgan fingerprint density at radius 1 is 0.303 bits per heavy atom. The Labute approximate surface area is 382 Å². The fourth-order valence-corrected chi connectivity index (χ4v) is 10.4. The van der Waals surface area contributed by atoms with Gasteiger partial charge >= 0.3 is 0 Å². The molecule has 0 N–H and O–H groups in total. The minimum absolute atomic E-state index is 0.574. The van der Waals surface area contributed by atoms with E-state index in [9.17, 15) is 0 Å². The number of hydrogen-bond donors (Lipinski definition) is 0. The quantitative estimate of drug-likeness (QED) is 0.160. The van der Waals surface area contributed by atoms with Crippen molar-refractivity contribution in [2.45, 2.75) is 5.41 Å². The summed E-state index contributed by atoms with van der Waals surface area (Å²) in [6.07, 6.45) is 0. The second kappa shape index (κ2) is 15.2. The molecule has 0 bridgehead atoms. The molecule has 2 heterocycles. The molecule has 0 radical (unpaired) electrons. The molecular weight excluding hydrogens is 803 g/mol. The Morgan fingerprint density at radius 2 is 0.818 bits per heavy atom. The summed E-state index contributed by atoms with van der Waals surface area (Å²) in [5.74, 6) is 1.76. The maximum atomic E-state index is 6.61. The minimum atomic E-state index is -0.577. The molecule has 10 aromatic carbocycles. The van der Waals surface area contributed by atoms with E-state index in [0.29, 0.717) is 17.5 Å². The van der Waals surface area contributed by atoms with Gasteiger partial charge < -0.3 is 4.42 Å². The number of aromatic nitrogens is 3. The summed E-state index contributed by atoms with van der Waals surface area (Å²) >= 11 is 0. The van der Waals surface area contributed by atoms with Gasteiger partial charge in [-0.15, -0.1) is 0 Å². The zero-order valence-electron chi connectivity index (χ0n) is 35.8. The van der Waals surface area contributed by atoms with Crippen molar-refractivity contribution in [3.05, 3.63) is 259 Å². The van der Waals surface area contributed by atoms with Crippen LogP contribution in [0.15, 0.2) is 241 Å². The zero-order valence-corrected chi connectivity index (χ0v) is 35.8. The first-order valence-corrected chi connectivity index (χ1v) is 22.4. The van der Waals surface area contributed by atoms with Gasteiger partial charge in [0.2, 0.25) is 0 Å². The Bertz CT molecular complexity index is 3770. The summed E-state index contributed by atoms with van der Waals surface area (Å²) in [7, 11) is 0. The molecule has 0 unspecified atom stereocenters. The van der Waals surface area contributed by atoms with Crippen LogP contribution in [-0.2, 0) is 5.41 Å². The lowest BCUT2D eigenvalue weighted by Crippen LogP contribution is -2.28. The van der Waals surface area contributed by atoms with Gasteiger partial charge in [-0.2, -0.15) is 0 Å². The normalized spacial score (nSPS) is 12.7. The van der Waals surface area contributed by atoms with E-state index in [1.54, 1.807) is 0 Å². The van der Waals surface area contributed by atoms with E-state index in [0.717, 1.165) is 60.5 Å². The van der Waals surface area contributed by atoms with Crippen molar-refractivity contribution in [3.63, 3.8) is 0 Å². The van der Waals surface area contributed by atoms with Crippen LogP contribution in [0.5, 0.6) is 0 Å². The van der Waals surface area contributed by atoms with Crippen LogP contribution in [0.4, 0.5) is 0 Å². The number of para-hydroxylation sites is 1. The monoisotopic (exact) mass is 841 g/mol. The molecule has 0 fully saturated rings. The number of nitrogens with zero attached hydrogens (tertiary/aromatic N) is 3. The average molecular weight is 842 g/mol. The number of benzene rings is 10. The molecule has 1 aliphatic carbocycles. The van der Waals surface area contributed by atoms with E-state index in [-0.39, 0.29) is 0 Å². The number of rotatable bonds is 7. The maximum absolute atomic E-state index is 6.61. The summed E-state index contributed by atoms with van der Waals surface area (Å²) in [5, 5.41) is 4.23. The zero-order chi connectivity index (χ0) is 43.6. The van der Waals surface area contributed by atoms with E-state index in [1.807, 2.05) is 18.2 Å². The predicted octanol–water partition coefficient (Wildman–Crippen LogP) is 15.6. The van der Waals surface area contributed by atoms with Gasteiger partial charge in [0, 0.05) is 27.5 Å². The van der Waals surface area contributed by atoms with Crippen molar-refractivity contribution < 1.29 is 4.42 Å². The lowest BCUT2D eigenvalue weighted by atomic mass is 9.67. The van der Waals surface area contributed by atoms with Crippen molar-refractivity contribution in [2.24, 2.45) is 0 Å². The first kappa shape index (κ1) is 37.8. The highest BCUT2D eigenvalue weighted by Crippen LogP contribution is 2.56. The standard InChI is InChI=1S/C62H39N3O/c1-5-17-40(18-6-1)42-29-30-44-36-45(32-31-43(44)35-42)59-63-60(65-61(64-59)53-37-47(41-19-7-2-8-20-41)39-57-58(53)52-26-14-16-28-56(52)66-57)46-33-34-51-50-25-13-15-27-54(50)62(55(51)38-46,48-21-9-3-10-22-48)49-23-11-4-12-24-49/h1-39H. The maximum Gasteiger partial charge on any atom is 0.164 e. The number of hydrogen-bond acceptors (Lipinski definition) is 4. The van der Waals surface area contributed by atoms with Gasteiger partial charge in [-0.05, 0) is 103 Å². The topological polar surface area (TPSA) is 51.8 Å². The Balaban J connectivity index is 1.07. The predicted molar refractivity (Wildman–Crippen MR) is 269 cm³/mol. The van der Waals surface area contributed by atoms with Crippen molar-refractivity contribution >= 4 is 32.7 Å². The first-order chi connectivity index (χ1) is 32.7. The highest BCUT2D eigenvalue weighted by atomic mass is 16.3. The number of fused-ring (bicyclic) bond motifs is 7. The van der Waals surface area contributed by atoms with Crippen LogP contribution < -0.4 is 0 Å². The Hall–Kier alpha value is -8.73. The SMILES string of the molecule is c1ccc(-c2ccc3cc(-c4nc(-c5ccc6c(c5)C(c5ccccc5)(c5ccccc5)c5ccccc5-6)nc(-c5cc(-c6ccccc6)cc6oc7ccccc7c56)n4)ccc3c2)cc1. The van der Waals surface area contributed by atoms with Gasteiger partial charge in [-0.1, -0.05) is 200 Å². The largest absolute Gasteiger partial charge is 0.456 e. The highest BCUT2D eigenvalue weighted by molar-refractivity contribution is 6.13. The van der Waals surface area contributed by atoms with Crippen molar-refractivity contribution in [1.29, 1.82) is 0 Å². The molecule has 0 saturated carbocycles. The molecule has 0 aliphatic heterocycles. The summed E-state index contributed by atoms with van der Waals surface area (Å²) in [6, 6.07) is 84.1. The summed E-state index contributed by atoms with van der Waals surface area (Å²) in [4.78, 5) is 16.3. The third-order valence-corrected chi connectivity index (χ3v) is 13.4. The van der Waals surface area contributed by atoms with Gasteiger partial charge in [-0.3, -0.25) is 0 Å². The fourth-order valence-electron chi connectivity index (χ4n) is 10.4. The molecule has 0 amide bonds. The van der Waals surface area contributed by atoms with Crippen LogP contribution in [0.2, 0.25) is 0 Å². The highest BCUT2D eigenvalue weighted by Gasteiger charge is 2.46.